The van der Waals surface area contributed by atoms with E-state index in [9.17, 15) is 18.4 Å². The van der Waals surface area contributed by atoms with E-state index in [4.69, 9.17) is 0 Å². The van der Waals surface area contributed by atoms with Crippen molar-refractivity contribution in [3.8, 4) is 0 Å². The lowest BCUT2D eigenvalue weighted by molar-refractivity contribution is 0.193. The van der Waals surface area contributed by atoms with E-state index in [1.165, 1.54) is 35.0 Å². The maximum Gasteiger partial charge on any atom is 0.328 e. The molecule has 2 aromatic carbocycles. The highest BCUT2D eigenvalue weighted by Gasteiger charge is 2.42. The number of anilines is 2. The molecule has 0 spiro atoms. The number of nitrogens with zero attached hydrogens (tertiary/aromatic N) is 3. The van der Waals surface area contributed by atoms with Gasteiger partial charge in [0.25, 0.3) is 5.56 Å². The number of unbranched alkanes of at least 4 members (excludes halogenated alkanes) is 3. The molecule has 184 valence electrons. The minimum atomic E-state index is -0.358. The molecule has 0 radical (unpaired) electrons. The second kappa shape index (κ2) is 10.2. The van der Waals surface area contributed by atoms with Gasteiger partial charge < -0.3 is 14.8 Å². The monoisotopic (exact) mass is 480 g/mol. The van der Waals surface area contributed by atoms with Crippen molar-refractivity contribution in [2.24, 2.45) is 0 Å². The van der Waals surface area contributed by atoms with Crippen molar-refractivity contribution in [2.45, 2.75) is 50.6 Å². The fourth-order valence-corrected chi connectivity index (χ4v) is 5.60. The number of piperidine rings is 1. The smallest absolute Gasteiger partial charge is 0.328 e. The van der Waals surface area contributed by atoms with Gasteiger partial charge in [0.15, 0.2) is 0 Å². The maximum atomic E-state index is 14.2. The Bertz CT molecular complexity index is 1260. The van der Waals surface area contributed by atoms with Crippen molar-refractivity contribution >= 4 is 11.4 Å². The van der Waals surface area contributed by atoms with E-state index in [-0.39, 0.29) is 34.8 Å². The number of likely N-dealkylation sites (tertiary alicyclic amines) is 1. The molecule has 2 aliphatic rings. The van der Waals surface area contributed by atoms with Gasteiger partial charge in [0.2, 0.25) is 0 Å². The molecule has 2 aliphatic heterocycles. The first-order valence-corrected chi connectivity index (χ1v) is 12.4. The Labute approximate surface area is 202 Å². The Morgan fingerprint density at radius 1 is 0.886 bits per heavy atom. The molecule has 0 saturated carbocycles. The Morgan fingerprint density at radius 3 is 2.40 bits per heavy atom. The molecule has 2 atom stereocenters. The number of aromatic amines is 1. The van der Waals surface area contributed by atoms with Gasteiger partial charge in [-0.25, -0.2) is 13.6 Å². The third-order valence-electron chi connectivity index (χ3n) is 7.30. The third-order valence-corrected chi connectivity index (χ3v) is 7.30. The van der Waals surface area contributed by atoms with Crippen LogP contribution in [0.25, 0.3) is 0 Å². The molecule has 5 rings (SSSR count). The number of rotatable bonds is 8. The van der Waals surface area contributed by atoms with E-state index < -0.39 is 0 Å². The van der Waals surface area contributed by atoms with Crippen molar-refractivity contribution in [3.05, 3.63) is 92.8 Å². The van der Waals surface area contributed by atoms with Gasteiger partial charge in [-0.05, 0) is 73.8 Å². The molecule has 35 heavy (non-hydrogen) atoms. The minimum absolute atomic E-state index is 0.205. The number of nitrogens with one attached hydrogen (secondary N) is 1. The van der Waals surface area contributed by atoms with Gasteiger partial charge >= 0.3 is 5.69 Å². The second-order valence-corrected chi connectivity index (χ2v) is 9.50. The van der Waals surface area contributed by atoms with E-state index >= 15 is 0 Å². The van der Waals surface area contributed by atoms with Crippen LogP contribution in [0.5, 0.6) is 0 Å². The molecule has 2 unspecified atom stereocenters. The number of halogens is 2. The molecule has 1 saturated heterocycles. The molecule has 0 aliphatic carbocycles. The second-order valence-electron chi connectivity index (χ2n) is 9.50. The van der Waals surface area contributed by atoms with Crippen LogP contribution in [-0.4, -0.2) is 40.1 Å². The summed E-state index contributed by atoms with van der Waals surface area (Å²) in [5, 5.41) is 0. The quantitative estimate of drug-likeness (QED) is 0.486. The van der Waals surface area contributed by atoms with Crippen LogP contribution in [0.15, 0.2) is 64.3 Å². The third kappa shape index (κ3) is 4.93. The van der Waals surface area contributed by atoms with Crippen LogP contribution in [0.4, 0.5) is 20.2 Å². The molecule has 3 heterocycles. The predicted molar refractivity (Wildman–Crippen MR) is 132 cm³/mol. The highest BCUT2D eigenvalue weighted by molar-refractivity contribution is 5.73. The summed E-state index contributed by atoms with van der Waals surface area (Å²) in [5.74, 6) is -0.283. The lowest BCUT2D eigenvalue weighted by atomic mass is 9.88. The average Bonchev–Trinajstić information content (AvgIpc) is 3.16. The molecule has 8 heteroatoms. The first-order valence-electron chi connectivity index (χ1n) is 12.4. The number of aromatic nitrogens is 2. The van der Waals surface area contributed by atoms with Crippen molar-refractivity contribution in [1.29, 1.82) is 0 Å². The molecular weight excluding hydrogens is 450 g/mol. The van der Waals surface area contributed by atoms with E-state index in [0.29, 0.717) is 6.54 Å². The Morgan fingerprint density at radius 2 is 1.63 bits per heavy atom. The van der Waals surface area contributed by atoms with Crippen molar-refractivity contribution in [3.63, 3.8) is 0 Å². The minimum Gasteiger partial charge on any atom is -0.337 e. The first-order chi connectivity index (χ1) is 17.0. The Balaban J connectivity index is 1.17. The van der Waals surface area contributed by atoms with Crippen LogP contribution in [-0.2, 0) is 6.54 Å². The molecule has 1 fully saturated rings. The zero-order chi connectivity index (χ0) is 24.4. The molecule has 1 N–H and O–H groups in total. The van der Waals surface area contributed by atoms with Crippen LogP contribution in [0.3, 0.4) is 0 Å². The van der Waals surface area contributed by atoms with Gasteiger partial charge in [-0.1, -0.05) is 12.8 Å². The van der Waals surface area contributed by atoms with Crippen molar-refractivity contribution < 1.29 is 8.78 Å². The first kappa shape index (κ1) is 23.5. The van der Waals surface area contributed by atoms with Crippen LogP contribution in [0.1, 0.15) is 43.6 Å². The van der Waals surface area contributed by atoms with Crippen LogP contribution >= 0.6 is 0 Å². The number of fused-ring (bicyclic) bond motifs is 3. The summed E-state index contributed by atoms with van der Waals surface area (Å²) in [6.07, 6.45) is 6.13. The summed E-state index contributed by atoms with van der Waals surface area (Å²) in [6, 6.07) is 13.2. The SMILES string of the molecule is O=c1cc[nH]c(=O)n1CCCCCCN1CCC2C(C1)c1cc(F)ccc1N2c1ccc(F)cc1. The van der Waals surface area contributed by atoms with Gasteiger partial charge in [-0.3, -0.25) is 9.36 Å². The predicted octanol–water partition coefficient (Wildman–Crippen LogP) is 4.39. The Kier molecular flexibility index (Phi) is 6.81. The Hall–Kier alpha value is -3.26. The fourth-order valence-electron chi connectivity index (χ4n) is 5.60. The molecule has 3 aromatic rings. The normalized spacial score (nSPS) is 19.5. The highest BCUT2D eigenvalue weighted by Crippen LogP contribution is 2.48. The largest absolute Gasteiger partial charge is 0.337 e. The van der Waals surface area contributed by atoms with Crippen LogP contribution < -0.4 is 16.1 Å². The standard InChI is InChI=1S/C27H30F2N4O2/c28-19-5-8-21(9-6-19)33-24-10-7-20(29)17-22(24)23-18-31(16-12-25(23)33)14-3-1-2-4-15-32-26(34)11-13-30-27(32)35/h5-11,13,17,23,25H,1-4,12,14-16,18H2,(H,30,35). The number of hydrogen-bond donors (Lipinski definition) is 1. The summed E-state index contributed by atoms with van der Waals surface area (Å²) >= 11 is 0. The van der Waals surface area contributed by atoms with Crippen molar-refractivity contribution in [2.75, 3.05) is 24.5 Å². The van der Waals surface area contributed by atoms with E-state index in [1.807, 2.05) is 6.07 Å². The van der Waals surface area contributed by atoms with Gasteiger partial charge in [-0.2, -0.15) is 0 Å². The molecule has 0 bridgehead atoms. The lowest BCUT2D eigenvalue weighted by Crippen LogP contribution is -2.45. The van der Waals surface area contributed by atoms with Crippen LogP contribution in [0.2, 0.25) is 0 Å². The topological polar surface area (TPSA) is 61.3 Å². The zero-order valence-electron chi connectivity index (χ0n) is 19.6. The average molecular weight is 481 g/mol. The maximum absolute atomic E-state index is 14.2. The van der Waals surface area contributed by atoms with Crippen molar-refractivity contribution in [1.82, 2.24) is 14.5 Å². The number of benzene rings is 2. The van der Waals surface area contributed by atoms with E-state index in [2.05, 4.69) is 14.8 Å². The number of hydrogen-bond acceptors (Lipinski definition) is 4. The van der Waals surface area contributed by atoms with Gasteiger partial charge in [0, 0.05) is 55.2 Å². The molecule has 0 amide bonds. The molecular formula is C27H30F2N4O2. The summed E-state index contributed by atoms with van der Waals surface area (Å²) < 4.78 is 28.9. The summed E-state index contributed by atoms with van der Waals surface area (Å²) in [6.45, 7) is 3.23. The molecule has 6 nitrogen and oxygen atoms in total. The van der Waals surface area contributed by atoms with E-state index in [1.54, 1.807) is 18.2 Å². The van der Waals surface area contributed by atoms with Gasteiger partial charge in [0.1, 0.15) is 11.6 Å². The van der Waals surface area contributed by atoms with Crippen LogP contribution in [0, 0.1) is 11.6 Å². The fraction of sp³-hybridized carbons (Fsp3) is 0.407. The highest BCUT2D eigenvalue weighted by atomic mass is 19.1. The summed E-state index contributed by atoms with van der Waals surface area (Å²) in [4.78, 5) is 30.8. The summed E-state index contributed by atoms with van der Waals surface area (Å²) in [5.41, 5.74) is 2.36. The summed E-state index contributed by atoms with van der Waals surface area (Å²) in [7, 11) is 0. The zero-order valence-corrected chi connectivity index (χ0v) is 19.6. The van der Waals surface area contributed by atoms with Gasteiger partial charge in [0.05, 0.1) is 0 Å². The molecule has 1 aromatic heterocycles. The van der Waals surface area contributed by atoms with Gasteiger partial charge in [-0.15, -0.1) is 0 Å². The number of H-pyrrole nitrogens is 1. The lowest BCUT2D eigenvalue weighted by Gasteiger charge is -2.39. The van der Waals surface area contributed by atoms with E-state index in [0.717, 1.165) is 68.7 Å².